The number of ether oxygens (including phenoxy) is 1. The van der Waals surface area contributed by atoms with E-state index >= 15 is 0 Å². The molecule has 10 heteroatoms. The maximum atomic E-state index is 13.8. The van der Waals surface area contributed by atoms with E-state index in [1.807, 2.05) is 13.0 Å². The molecule has 7 nitrogen and oxygen atoms in total. The highest BCUT2D eigenvalue weighted by Crippen LogP contribution is 2.45. The summed E-state index contributed by atoms with van der Waals surface area (Å²) in [5.41, 5.74) is 0.793. The molecule has 0 bridgehead atoms. The number of fused-ring (bicyclic) bond motifs is 1. The Hall–Kier alpha value is -3.56. The topological polar surface area (TPSA) is 81.1 Å². The zero-order valence-electron chi connectivity index (χ0n) is 19.3. The van der Waals surface area contributed by atoms with Crippen molar-refractivity contribution in [2.24, 2.45) is 11.8 Å². The standard InChI is InChI=1S/C25H24F3N5O2/c1-14-10-21(31-11-19(14)25(26,27)28)35-13-20-17-7-5-16(17)12-33(20)24(34)22-18(6-4-15(2)32-22)23-29-8-3-9-30-23/h3-4,6,8-11,16-17,20H,5,7,12-13H2,1-2H3. The number of amides is 1. The van der Waals surface area contributed by atoms with Crippen molar-refractivity contribution >= 4 is 5.91 Å². The average Bonchev–Trinajstić information content (AvgIpc) is 3.06. The first-order valence-corrected chi connectivity index (χ1v) is 11.4. The van der Waals surface area contributed by atoms with E-state index in [9.17, 15) is 18.0 Å². The van der Waals surface area contributed by atoms with Crippen molar-refractivity contribution in [1.82, 2.24) is 24.8 Å². The minimum atomic E-state index is -4.47. The summed E-state index contributed by atoms with van der Waals surface area (Å²) < 4.78 is 45.0. The first kappa shape index (κ1) is 23.2. The molecule has 0 radical (unpaired) electrons. The number of aromatic nitrogens is 4. The Morgan fingerprint density at radius 3 is 2.57 bits per heavy atom. The van der Waals surface area contributed by atoms with E-state index in [1.54, 1.807) is 29.4 Å². The van der Waals surface area contributed by atoms with Crippen LogP contribution in [0, 0.1) is 25.7 Å². The van der Waals surface area contributed by atoms with Crippen LogP contribution in [0.25, 0.3) is 11.4 Å². The Bertz CT molecular complexity index is 1250. The fourth-order valence-corrected chi connectivity index (χ4v) is 4.95. The zero-order chi connectivity index (χ0) is 24.7. The van der Waals surface area contributed by atoms with Gasteiger partial charge in [-0.05, 0) is 62.3 Å². The van der Waals surface area contributed by atoms with E-state index in [4.69, 9.17) is 4.74 Å². The summed E-state index contributed by atoms with van der Waals surface area (Å²) >= 11 is 0. The third kappa shape index (κ3) is 4.44. The largest absolute Gasteiger partial charge is 0.475 e. The van der Waals surface area contributed by atoms with E-state index < -0.39 is 11.7 Å². The SMILES string of the molecule is Cc1ccc(-c2ncccn2)c(C(=O)N2CC3CCC3C2COc2cc(C)c(C(F)(F)F)cn2)n1. The summed E-state index contributed by atoms with van der Waals surface area (Å²) in [4.78, 5) is 32.5. The molecule has 0 N–H and O–H groups in total. The summed E-state index contributed by atoms with van der Waals surface area (Å²) in [5, 5.41) is 0. The van der Waals surface area contributed by atoms with Crippen molar-refractivity contribution in [2.75, 3.05) is 13.2 Å². The number of alkyl halides is 3. The molecule has 4 heterocycles. The number of halogens is 3. The molecule has 1 amide bonds. The van der Waals surface area contributed by atoms with Gasteiger partial charge in [-0.15, -0.1) is 0 Å². The van der Waals surface area contributed by atoms with Crippen molar-refractivity contribution in [2.45, 2.75) is 38.9 Å². The van der Waals surface area contributed by atoms with E-state index in [0.29, 0.717) is 29.5 Å². The number of carbonyl (C=O) groups is 1. The lowest BCUT2D eigenvalue weighted by Crippen LogP contribution is -2.43. The number of pyridine rings is 2. The first-order valence-electron chi connectivity index (χ1n) is 11.4. The molecule has 3 aromatic rings. The van der Waals surface area contributed by atoms with Gasteiger partial charge in [-0.1, -0.05) is 0 Å². The highest BCUT2D eigenvalue weighted by atomic mass is 19.4. The van der Waals surface area contributed by atoms with Crippen LogP contribution in [0.4, 0.5) is 13.2 Å². The van der Waals surface area contributed by atoms with Gasteiger partial charge in [0.05, 0.1) is 17.2 Å². The van der Waals surface area contributed by atoms with Gasteiger partial charge in [0.1, 0.15) is 12.3 Å². The molecular formula is C25H24F3N5O2. The smallest absolute Gasteiger partial charge is 0.418 e. The molecule has 182 valence electrons. The molecule has 2 aliphatic rings. The number of carbonyl (C=O) groups excluding carboxylic acids is 1. The van der Waals surface area contributed by atoms with Gasteiger partial charge in [0, 0.05) is 36.9 Å². The van der Waals surface area contributed by atoms with Gasteiger partial charge in [0.2, 0.25) is 5.88 Å². The predicted octanol–water partition coefficient (Wildman–Crippen LogP) is 4.50. The zero-order valence-corrected chi connectivity index (χ0v) is 19.3. The minimum absolute atomic E-state index is 0.0415. The molecular weight excluding hydrogens is 459 g/mol. The predicted molar refractivity (Wildman–Crippen MR) is 121 cm³/mol. The number of aryl methyl sites for hydroxylation is 2. The summed E-state index contributed by atoms with van der Waals surface area (Å²) in [6.07, 6.45) is 1.54. The Morgan fingerprint density at radius 1 is 1.14 bits per heavy atom. The fourth-order valence-electron chi connectivity index (χ4n) is 4.95. The number of hydrogen-bond acceptors (Lipinski definition) is 6. The van der Waals surface area contributed by atoms with E-state index in [2.05, 4.69) is 19.9 Å². The fraction of sp³-hybridized carbons (Fsp3) is 0.400. The molecule has 1 saturated carbocycles. The van der Waals surface area contributed by atoms with Crippen molar-refractivity contribution in [3.05, 3.63) is 65.4 Å². The summed E-state index contributed by atoms with van der Waals surface area (Å²) in [6, 6.07) is 6.38. The van der Waals surface area contributed by atoms with Gasteiger partial charge in [0.25, 0.3) is 5.91 Å². The molecule has 0 spiro atoms. The van der Waals surface area contributed by atoms with Crippen LogP contribution in [0.1, 0.15) is 40.2 Å². The lowest BCUT2D eigenvalue weighted by molar-refractivity contribution is -0.138. The van der Waals surface area contributed by atoms with E-state index in [-0.39, 0.29) is 41.6 Å². The van der Waals surface area contributed by atoms with Gasteiger partial charge in [0.15, 0.2) is 5.82 Å². The summed E-state index contributed by atoms with van der Waals surface area (Å²) in [7, 11) is 0. The molecule has 3 unspecified atom stereocenters. The summed E-state index contributed by atoms with van der Waals surface area (Å²) in [5.74, 6) is 0.947. The molecule has 3 aromatic heterocycles. The van der Waals surface area contributed by atoms with Crippen LogP contribution in [0.2, 0.25) is 0 Å². The van der Waals surface area contributed by atoms with Crippen molar-refractivity contribution in [1.29, 1.82) is 0 Å². The quantitative estimate of drug-likeness (QED) is 0.532. The molecule has 3 atom stereocenters. The second-order valence-corrected chi connectivity index (χ2v) is 9.09. The normalized spacial score (nSPS) is 21.4. The minimum Gasteiger partial charge on any atom is -0.475 e. The number of likely N-dealkylation sites (tertiary alicyclic amines) is 1. The van der Waals surface area contributed by atoms with Gasteiger partial charge < -0.3 is 9.64 Å². The van der Waals surface area contributed by atoms with Crippen molar-refractivity contribution in [3.8, 4) is 17.3 Å². The third-order valence-electron chi connectivity index (χ3n) is 6.90. The highest BCUT2D eigenvalue weighted by molar-refractivity contribution is 5.98. The number of rotatable bonds is 5. The maximum absolute atomic E-state index is 13.8. The lowest BCUT2D eigenvalue weighted by atomic mass is 9.73. The molecule has 2 fully saturated rings. The van der Waals surface area contributed by atoms with Crippen LogP contribution >= 0.6 is 0 Å². The molecule has 1 aliphatic heterocycles. The van der Waals surface area contributed by atoms with Crippen molar-refractivity contribution in [3.63, 3.8) is 0 Å². The van der Waals surface area contributed by atoms with Crippen LogP contribution < -0.4 is 4.74 Å². The molecule has 1 aliphatic carbocycles. The number of nitrogens with zero attached hydrogens (tertiary/aromatic N) is 5. The van der Waals surface area contributed by atoms with Crippen LogP contribution in [0.15, 0.2) is 42.9 Å². The molecule has 35 heavy (non-hydrogen) atoms. The van der Waals surface area contributed by atoms with Gasteiger partial charge in [-0.2, -0.15) is 13.2 Å². The highest BCUT2D eigenvalue weighted by Gasteiger charge is 2.49. The first-order chi connectivity index (χ1) is 16.7. The molecule has 0 aromatic carbocycles. The molecule has 5 rings (SSSR count). The van der Waals surface area contributed by atoms with Crippen LogP contribution in [-0.4, -0.2) is 49.9 Å². The van der Waals surface area contributed by atoms with Crippen LogP contribution in [-0.2, 0) is 6.18 Å². The summed E-state index contributed by atoms with van der Waals surface area (Å²) in [6.45, 7) is 3.93. The van der Waals surface area contributed by atoms with Gasteiger partial charge in [-0.3, -0.25) is 4.79 Å². The van der Waals surface area contributed by atoms with E-state index in [0.717, 1.165) is 19.0 Å². The maximum Gasteiger partial charge on any atom is 0.418 e. The third-order valence-corrected chi connectivity index (χ3v) is 6.90. The second-order valence-electron chi connectivity index (χ2n) is 9.09. The van der Waals surface area contributed by atoms with Gasteiger partial charge in [-0.25, -0.2) is 19.9 Å². The van der Waals surface area contributed by atoms with E-state index in [1.165, 1.54) is 13.0 Å². The Labute approximate surface area is 200 Å². The number of hydrogen-bond donors (Lipinski definition) is 0. The van der Waals surface area contributed by atoms with Crippen LogP contribution in [0.3, 0.4) is 0 Å². The Balaban J connectivity index is 1.39. The van der Waals surface area contributed by atoms with Crippen molar-refractivity contribution < 1.29 is 22.7 Å². The van der Waals surface area contributed by atoms with Crippen LogP contribution in [0.5, 0.6) is 5.88 Å². The average molecular weight is 483 g/mol. The monoisotopic (exact) mass is 483 g/mol. The van der Waals surface area contributed by atoms with Gasteiger partial charge >= 0.3 is 6.18 Å². The molecule has 1 saturated heterocycles. The lowest BCUT2D eigenvalue weighted by Gasteiger charge is -2.33. The Morgan fingerprint density at radius 2 is 1.91 bits per heavy atom. The Kier molecular flexibility index (Phi) is 5.90. The second kappa shape index (κ2) is 8.90.